The minimum atomic E-state index is 0.138. The van der Waals surface area contributed by atoms with E-state index in [1.807, 2.05) is 12.1 Å². The molecule has 0 aliphatic carbocycles. The van der Waals surface area contributed by atoms with Crippen LogP contribution < -0.4 is 4.74 Å². The quantitative estimate of drug-likeness (QED) is 0.418. The molecule has 0 spiro atoms. The molecule has 2 atom stereocenters. The van der Waals surface area contributed by atoms with Gasteiger partial charge >= 0.3 is 0 Å². The van der Waals surface area contributed by atoms with Crippen LogP contribution >= 0.6 is 12.2 Å². The van der Waals surface area contributed by atoms with Crippen molar-refractivity contribution < 1.29 is 9.15 Å². The van der Waals surface area contributed by atoms with Crippen molar-refractivity contribution in [1.29, 1.82) is 0 Å². The van der Waals surface area contributed by atoms with Crippen molar-refractivity contribution in [1.82, 2.24) is 0 Å². The Hall–Kier alpha value is -1.87. The van der Waals surface area contributed by atoms with E-state index in [9.17, 15) is 0 Å². The molecule has 4 rings (SSSR count). The largest absolute Gasteiger partial charge is 0.489 e. The van der Waals surface area contributed by atoms with Gasteiger partial charge in [-0.15, -0.1) is 0 Å². The number of rotatable bonds is 0. The van der Waals surface area contributed by atoms with Gasteiger partial charge in [0.15, 0.2) is 4.71 Å². The van der Waals surface area contributed by atoms with Crippen molar-refractivity contribution in [2.24, 2.45) is 0 Å². The van der Waals surface area contributed by atoms with Gasteiger partial charge in [0.1, 0.15) is 17.4 Å². The molecule has 100 valence electrons. The Morgan fingerprint density at radius 2 is 1.80 bits per heavy atom. The van der Waals surface area contributed by atoms with E-state index >= 15 is 0 Å². The normalized spacial score (nSPS) is 21.1. The molecular weight excluding hydrogens is 268 g/mol. The molecule has 0 bridgehead atoms. The number of hydrogen-bond acceptors (Lipinski definition) is 3. The van der Waals surface area contributed by atoms with Gasteiger partial charge in [-0.25, -0.2) is 0 Å². The second-order valence-electron chi connectivity index (χ2n) is 5.41. The van der Waals surface area contributed by atoms with Crippen molar-refractivity contribution in [2.45, 2.75) is 25.9 Å². The highest BCUT2D eigenvalue weighted by Gasteiger charge is 2.32. The lowest BCUT2D eigenvalue weighted by molar-refractivity contribution is 0.234. The molecule has 20 heavy (non-hydrogen) atoms. The Kier molecular flexibility index (Phi) is 2.42. The van der Waals surface area contributed by atoms with E-state index < -0.39 is 0 Å². The van der Waals surface area contributed by atoms with E-state index in [2.05, 4.69) is 38.1 Å². The molecule has 2 heterocycles. The maximum absolute atomic E-state index is 6.04. The number of benzene rings is 2. The fraction of sp³-hybridized carbons (Fsp3) is 0.235. The first-order valence-corrected chi connectivity index (χ1v) is 7.23. The van der Waals surface area contributed by atoms with E-state index in [1.165, 1.54) is 0 Å². The second-order valence-corrected chi connectivity index (χ2v) is 5.78. The van der Waals surface area contributed by atoms with Crippen LogP contribution in [-0.2, 0) is 0 Å². The summed E-state index contributed by atoms with van der Waals surface area (Å²) >= 11 is 5.45. The molecule has 2 nitrogen and oxygen atoms in total. The smallest absolute Gasteiger partial charge is 0.198 e. The Bertz CT molecular complexity index is 895. The van der Waals surface area contributed by atoms with E-state index in [1.54, 1.807) is 0 Å². The summed E-state index contributed by atoms with van der Waals surface area (Å²) in [5, 5.41) is 3.25. The molecule has 2 aromatic carbocycles. The monoisotopic (exact) mass is 282 g/mol. The van der Waals surface area contributed by atoms with Crippen LogP contribution in [0.2, 0.25) is 0 Å². The van der Waals surface area contributed by atoms with Crippen LogP contribution in [0.25, 0.3) is 21.7 Å². The SMILES string of the molecule is C[C@@H]1c2c(c3ccc4ccccc4c3oc2=S)O[C@@H]1C. The van der Waals surface area contributed by atoms with E-state index in [-0.39, 0.29) is 12.0 Å². The number of ether oxygens (including phenoxy) is 1. The second kappa shape index (κ2) is 4.06. The van der Waals surface area contributed by atoms with E-state index in [0.29, 0.717) is 4.71 Å². The maximum atomic E-state index is 6.04. The summed E-state index contributed by atoms with van der Waals surface area (Å²) in [7, 11) is 0. The summed E-state index contributed by atoms with van der Waals surface area (Å²) < 4.78 is 12.6. The zero-order valence-electron chi connectivity index (χ0n) is 11.3. The highest BCUT2D eigenvalue weighted by atomic mass is 32.1. The van der Waals surface area contributed by atoms with Gasteiger partial charge in [0.25, 0.3) is 0 Å². The van der Waals surface area contributed by atoms with Crippen molar-refractivity contribution in [3.05, 3.63) is 46.7 Å². The molecule has 0 N–H and O–H groups in total. The van der Waals surface area contributed by atoms with Crippen molar-refractivity contribution in [3.8, 4) is 5.75 Å². The van der Waals surface area contributed by atoms with Gasteiger partial charge in [0.05, 0.1) is 10.9 Å². The Morgan fingerprint density at radius 1 is 1.00 bits per heavy atom. The average molecular weight is 282 g/mol. The van der Waals surface area contributed by atoms with Gasteiger partial charge in [-0.1, -0.05) is 37.3 Å². The lowest BCUT2D eigenvalue weighted by Gasteiger charge is -2.08. The lowest BCUT2D eigenvalue weighted by atomic mass is 9.98. The third-order valence-electron chi connectivity index (χ3n) is 4.25. The first-order chi connectivity index (χ1) is 9.66. The van der Waals surface area contributed by atoms with Gasteiger partial charge in [-0.05, 0) is 30.6 Å². The molecular formula is C17H14O2S. The summed E-state index contributed by atoms with van der Waals surface area (Å²) in [6, 6.07) is 12.3. The summed E-state index contributed by atoms with van der Waals surface area (Å²) in [5.74, 6) is 1.18. The maximum Gasteiger partial charge on any atom is 0.198 e. The topological polar surface area (TPSA) is 22.4 Å². The third-order valence-corrected chi connectivity index (χ3v) is 4.55. The molecule has 1 aliphatic heterocycles. The van der Waals surface area contributed by atoms with Crippen LogP contribution in [0.1, 0.15) is 25.3 Å². The molecule has 1 aromatic heterocycles. The Morgan fingerprint density at radius 3 is 2.65 bits per heavy atom. The van der Waals surface area contributed by atoms with Crippen LogP contribution in [-0.4, -0.2) is 6.10 Å². The standard InChI is InChI=1S/C17H14O2S/c1-9-10(2)18-16-13-8-7-11-5-3-4-6-12(11)15(13)19-17(20)14(9)16/h3-10H,1-2H3/t9-,10+/m0/s1. The lowest BCUT2D eigenvalue weighted by Crippen LogP contribution is -2.10. The molecule has 3 heteroatoms. The average Bonchev–Trinajstić information content (AvgIpc) is 2.76. The van der Waals surface area contributed by atoms with Gasteiger partial charge in [-0.2, -0.15) is 0 Å². The van der Waals surface area contributed by atoms with Crippen molar-refractivity contribution >= 4 is 34.0 Å². The van der Waals surface area contributed by atoms with Crippen LogP contribution in [0.3, 0.4) is 0 Å². The minimum absolute atomic E-state index is 0.138. The summed E-state index contributed by atoms with van der Waals surface area (Å²) in [6.45, 7) is 4.21. The van der Waals surface area contributed by atoms with Crippen LogP contribution in [0.15, 0.2) is 40.8 Å². The predicted molar refractivity (Wildman–Crippen MR) is 83.1 cm³/mol. The molecule has 0 fully saturated rings. The molecule has 0 saturated carbocycles. The van der Waals surface area contributed by atoms with Crippen LogP contribution in [0.4, 0.5) is 0 Å². The van der Waals surface area contributed by atoms with Crippen molar-refractivity contribution in [2.75, 3.05) is 0 Å². The molecule has 0 unspecified atom stereocenters. The van der Waals surface area contributed by atoms with Gasteiger partial charge < -0.3 is 9.15 Å². The highest BCUT2D eigenvalue weighted by Crippen LogP contribution is 2.44. The fourth-order valence-corrected chi connectivity index (χ4v) is 3.32. The Labute approximate surface area is 122 Å². The van der Waals surface area contributed by atoms with Gasteiger partial charge in [0.2, 0.25) is 0 Å². The number of hydrogen-bond donors (Lipinski definition) is 0. The first-order valence-electron chi connectivity index (χ1n) is 6.82. The molecule has 3 aromatic rings. The van der Waals surface area contributed by atoms with Crippen LogP contribution in [0, 0.1) is 4.71 Å². The zero-order valence-corrected chi connectivity index (χ0v) is 12.2. The minimum Gasteiger partial charge on any atom is -0.489 e. The predicted octanol–water partition coefficient (Wildman–Crippen LogP) is 5.20. The highest BCUT2D eigenvalue weighted by molar-refractivity contribution is 7.71. The summed E-state index contributed by atoms with van der Waals surface area (Å²) in [5.41, 5.74) is 1.86. The molecule has 0 saturated heterocycles. The molecule has 1 aliphatic rings. The van der Waals surface area contributed by atoms with E-state index in [0.717, 1.165) is 33.1 Å². The molecule has 0 radical (unpaired) electrons. The fourth-order valence-electron chi connectivity index (χ4n) is 2.96. The van der Waals surface area contributed by atoms with Crippen LogP contribution in [0.5, 0.6) is 5.75 Å². The van der Waals surface area contributed by atoms with Gasteiger partial charge in [0, 0.05) is 11.3 Å². The third kappa shape index (κ3) is 1.47. The first kappa shape index (κ1) is 11.9. The van der Waals surface area contributed by atoms with Crippen molar-refractivity contribution in [3.63, 3.8) is 0 Å². The summed E-state index contributed by atoms with van der Waals surface area (Å²) in [6.07, 6.45) is 0.138. The molecule has 0 amide bonds. The number of fused-ring (bicyclic) bond motifs is 5. The zero-order chi connectivity index (χ0) is 13.9. The summed E-state index contributed by atoms with van der Waals surface area (Å²) in [4.78, 5) is 0. The Balaban J connectivity index is 2.20. The van der Waals surface area contributed by atoms with E-state index in [4.69, 9.17) is 21.4 Å². The van der Waals surface area contributed by atoms with Gasteiger partial charge in [-0.3, -0.25) is 0 Å².